The van der Waals surface area contributed by atoms with Crippen LogP contribution in [0.5, 0.6) is 0 Å². The van der Waals surface area contributed by atoms with Gasteiger partial charge in [0.15, 0.2) is 9.84 Å². The molecule has 5 nitrogen and oxygen atoms in total. The highest BCUT2D eigenvalue weighted by Crippen LogP contribution is 2.04. The molecule has 0 aliphatic rings. The molecule has 0 aliphatic heterocycles. The van der Waals surface area contributed by atoms with E-state index in [1.165, 1.54) is 6.20 Å². The van der Waals surface area contributed by atoms with Gasteiger partial charge in [-0.15, -0.1) is 12.4 Å². The molecule has 0 fully saturated rings. The number of halogens is 1. The Morgan fingerprint density at radius 3 is 2.56 bits per heavy atom. The Morgan fingerprint density at radius 2 is 2.06 bits per heavy atom. The van der Waals surface area contributed by atoms with Gasteiger partial charge >= 0.3 is 5.97 Å². The first-order valence-electron chi connectivity index (χ1n) is 4.32. The summed E-state index contributed by atoms with van der Waals surface area (Å²) in [7, 11) is -3.37. The van der Waals surface area contributed by atoms with E-state index in [-0.39, 0.29) is 30.3 Å². The largest absolute Gasteiger partial charge is 0.481 e. The van der Waals surface area contributed by atoms with Crippen LogP contribution in [0, 0.1) is 0 Å². The Kier molecular flexibility index (Phi) is 5.98. The summed E-state index contributed by atoms with van der Waals surface area (Å²) in [4.78, 5) is 14.1. The molecule has 0 aromatic carbocycles. The summed E-state index contributed by atoms with van der Waals surface area (Å²) in [5.74, 6) is -1.67. The van der Waals surface area contributed by atoms with Crippen molar-refractivity contribution in [3.63, 3.8) is 0 Å². The Balaban J connectivity index is 0.00000225. The summed E-state index contributed by atoms with van der Waals surface area (Å²) >= 11 is 0. The number of nitrogens with zero attached hydrogens (tertiary/aromatic N) is 1. The summed E-state index contributed by atoms with van der Waals surface area (Å²) in [6.07, 6.45) is 1.14. The van der Waals surface area contributed by atoms with E-state index in [4.69, 9.17) is 5.11 Å². The molecule has 16 heavy (non-hydrogen) atoms. The maximum absolute atomic E-state index is 11.4. The molecule has 0 aliphatic carbocycles. The molecule has 0 spiro atoms. The maximum atomic E-state index is 11.4. The summed E-state index contributed by atoms with van der Waals surface area (Å²) in [5, 5.41) is 8.36. The van der Waals surface area contributed by atoms with Gasteiger partial charge < -0.3 is 5.11 Å². The first-order valence-corrected chi connectivity index (χ1v) is 6.14. The number of hydrogen-bond acceptors (Lipinski definition) is 4. The molecular weight excluding hydrogens is 254 g/mol. The number of sulfone groups is 1. The molecule has 0 amide bonds. The van der Waals surface area contributed by atoms with Crippen molar-refractivity contribution < 1.29 is 18.3 Å². The minimum absolute atomic E-state index is 0. The zero-order valence-electron chi connectivity index (χ0n) is 8.37. The van der Waals surface area contributed by atoms with Crippen molar-refractivity contribution in [2.75, 3.05) is 5.75 Å². The first-order chi connectivity index (χ1) is 6.99. The lowest BCUT2D eigenvalue weighted by Gasteiger charge is -2.01. The van der Waals surface area contributed by atoms with Gasteiger partial charge in [-0.25, -0.2) is 8.42 Å². The predicted octanol–water partition coefficient (Wildman–Crippen LogP) is 0.893. The van der Waals surface area contributed by atoms with E-state index in [9.17, 15) is 13.2 Å². The molecule has 1 rings (SSSR count). The smallest absolute Gasteiger partial charge is 0.304 e. The summed E-state index contributed by atoms with van der Waals surface area (Å²) in [5.41, 5.74) is 0.433. The highest BCUT2D eigenvalue weighted by atomic mass is 35.5. The SMILES string of the molecule is Cl.O=C(O)CCS(=O)(=O)Cc1ccccn1. The number of pyridine rings is 1. The Morgan fingerprint density at radius 1 is 1.38 bits per heavy atom. The second-order valence-electron chi connectivity index (χ2n) is 3.06. The van der Waals surface area contributed by atoms with Crippen molar-refractivity contribution in [1.82, 2.24) is 4.98 Å². The fourth-order valence-electron chi connectivity index (χ4n) is 1.02. The second kappa shape index (κ2) is 6.44. The topological polar surface area (TPSA) is 84.3 Å². The zero-order valence-corrected chi connectivity index (χ0v) is 10.00. The van der Waals surface area contributed by atoms with Crippen LogP contribution in [0.25, 0.3) is 0 Å². The van der Waals surface area contributed by atoms with Crippen LogP contribution in [0.3, 0.4) is 0 Å². The number of aromatic nitrogens is 1. The number of rotatable bonds is 5. The molecule has 0 unspecified atom stereocenters. The van der Waals surface area contributed by atoms with Crippen LogP contribution >= 0.6 is 12.4 Å². The highest BCUT2D eigenvalue weighted by Gasteiger charge is 2.14. The average molecular weight is 266 g/mol. The lowest BCUT2D eigenvalue weighted by molar-refractivity contribution is -0.136. The van der Waals surface area contributed by atoms with Crippen molar-refractivity contribution >= 4 is 28.2 Å². The fraction of sp³-hybridized carbons (Fsp3) is 0.333. The van der Waals surface area contributed by atoms with Gasteiger partial charge in [-0.1, -0.05) is 6.07 Å². The van der Waals surface area contributed by atoms with Crippen LogP contribution in [-0.4, -0.2) is 30.2 Å². The molecule has 90 valence electrons. The standard InChI is InChI=1S/C9H11NO4S.ClH/c11-9(12)4-6-15(13,14)7-8-3-1-2-5-10-8;/h1-3,5H,4,6-7H2,(H,11,12);1H. The molecule has 0 saturated carbocycles. The molecule has 0 atom stereocenters. The quantitative estimate of drug-likeness (QED) is 0.855. The van der Waals surface area contributed by atoms with Crippen LogP contribution < -0.4 is 0 Å². The van der Waals surface area contributed by atoms with E-state index < -0.39 is 15.8 Å². The van der Waals surface area contributed by atoms with Crippen LogP contribution in [0.15, 0.2) is 24.4 Å². The summed E-state index contributed by atoms with van der Waals surface area (Å²) in [6, 6.07) is 4.97. The molecular formula is C9H12ClNO4S. The number of hydrogen-bond donors (Lipinski definition) is 1. The lowest BCUT2D eigenvalue weighted by Crippen LogP contribution is -2.13. The van der Waals surface area contributed by atoms with Crippen molar-refractivity contribution in [3.05, 3.63) is 30.1 Å². The predicted molar refractivity (Wildman–Crippen MR) is 61.2 cm³/mol. The fourth-order valence-corrected chi connectivity index (χ4v) is 2.28. The van der Waals surface area contributed by atoms with Gasteiger partial charge in [-0.2, -0.15) is 0 Å². The molecule has 1 aromatic rings. The number of carboxylic acids is 1. The first kappa shape index (κ1) is 14.9. The van der Waals surface area contributed by atoms with E-state index in [1.807, 2.05) is 0 Å². The highest BCUT2D eigenvalue weighted by molar-refractivity contribution is 7.90. The van der Waals surface area contributed by atoms with E-state index in [1.54, 1.807) is 18.2 Å². The van der Waals surface area contributed by atoms with Gasteiger partial charge in [0, 0.05) is 6.20 Å². The van der Waals surface area contributed by atoms with Crippen LogP contribution in [0.2, 0.25) is 0 Å². The number of aliphatic carboxylic acids is 1. The normalized spacial score (nSPS) is 10.5. The third-order valence-electron chi connectivity index (χ3n) is 1.72. The van der Waals surface area contributed by atoms with Crippen LogP contribution in [0.4, 0.5) is 0 Å². The molecule has 1 N–H and O–H groups in total. The number of carboxylic acid groups (broad SMARTS) is 1. The van der Waals surface area contributed by atoms with E-state index in [2.05, 4.69) is 4.98 Å². The van der Waals surface area contributed by atoms with Crippen LogP contribution in [-0.2, 0) is 20.4 Å². The van der Waals surface area contributed by atoms with Crippen molar-refractivity contribution in [3.8, 4) is 0 Å². The van der Waals surface area contributed by atoms with Gasteiger partial charge in [-0.3, -0.25) is 9.78 Å². The molecule has 0 saturated heterocycles. The third kappa shape index (κ3) is 5.67. The van der Waals surface area contributed by atoms with Crippen molar-refractivity contribution in [2.24, 2.45) is 0 Å². The molecule has 0 radical (unpaired) electrons. The minimum Gasteiger partial charge on any atom is -0.481 e. The molecule has 1 aromatic heterocycles. The minimum atomic E-state index is -3.37. The van der Waals surface area contributed by atoms with Gasteiger partial charge in [0.2, 0.25) is 0 Å². The van der Waals surface area contributed by atoms with E-state index in [0.717, 1.165) is 0 Å². The maximum Gasteiger partial charge on any atom is 0.304 e. The summed E-state index contributed by atoms with van der Waals surface area (Å²) < 4.78 is 22.8. The zero-order chi connectivity index (χ0) is 11.3. The molecule has 7 heteroatoms. The van der Waals surface area contributed by atoms with E-state index >= 15 is 0 Å². The van der Waals surface area contributed by atoms with Crippen molar-refractivity contribution in [1.29, 1.82) is 0 Å². The van der Waals surface area contributed by atoms with Gasteiger partial charge in [0.05, 0.1) is 23.6 Å². The second-order valence-corrected chi connectivity index (χ2v) is 5.24. The Labute approximate surface area is 99.8 Å². The van der Waals surface area contributed by atoms with Gasteiger partial charge in [0.1, 0.15) is 0 Å². The lowest BCUT2D eigenvalue weighted by atomic mass is 10.4. The van der Waals surface area contributed by atoms with Gasteiger partial charge in [0.25, 0.3) is 0 Å². The monoisotopic (exact) mass is 265 g/mol. The Hall–Kier alpha value is -1.14. The van der Waals surface area contributed by atoms with Crippen molar-refractivity contribution in [2.45, 2.75) is 12.2 Å². The van der Waals surface area contributed by atoms with Gasteiger partial charge in [-0.05, 0) is 12.1 Å². The number of carbonyl (C=O) groups is 1. The molecule has 0 bridgehead atoms. The van der Waals surface area contributed by atoms with Crippen LogP contribution in [0.1, 0.15) is 12.1 Å². The Bertz CT molecular complexity index is 432. The third-order valence-corrected chi connectivity index (χ3v) is 3.28. The summed E-state index contributed by atoms with van der Waals surface area (Å²) in [6.45, 7) is 0. The average Bonchev–Trinajstić information content (AvgIpc) is 2.16. The van der Waals surface area contributed by atoms with E-state index in [0.29, 0.717) is 5.69 Å². The molecule has 1 heterocycles.